The molecule has 0 saturated carbocycles. The number of furan rings is 1. The van der Waals surface area contributed by atoms with Gasteiger partial charge in [-0.3, -0.25) is 0 Å². The lowest BCUT2D eigenvalue weighted by Gasteiger charge is -2.13. The van der Waals surface area contributed by atoms with Crippen LogP contribution in [0.5, 0.6) is 0 Å². The molecule has 1 heterocycles. The highest BCUT2D eigenvalue weighted by Gasteiger charge is 2.07. The summed E-state index contributed by atoms with van der Waals surface area (Å²) < 4.78 is 11.2. The van der Waals surface area contributed by atoms with Gasteiger partial charge in [-0.2, -0.15) is 0 Å². The van der Waals surface area contributed by atoms with Crippen LogP contribution >= 0.6 is 0 Å². The average molecular weight is 317 g/mol. The third-order valence-electron chi connectivity index (χ3n) is 3.44. The topological polar surface area (TPSA) is 54.6 Å². The summed E-state index contributed by atoms with van der Waals surface area (Å²) >= 11 is 0. The van der Waals surface area contributed by atoms with E-state index in [9.17, 15) is 5.11 Å². The number of benzene rings is 1. The molecule has 0 spiro atoms. The highest BCUT2D eigenvalue weighted by molar-refractivity contribution is 5.57. The quantitative estimate of drug-likeness (QED) is 0.744. The van der Waals surface area contributed by atoms with Gasteiger partial charge in [0.15, 0.2) is 0 Å². The summed E-state index contributed by atoms with van der Waals surface area (Å²) in [4.78, 5) is 0. The molecule has 2 N–H and O–H groups in total. The van der Waals surface area contributed by atoms with Gasteiger partial charge in [0, 0.05) is 18.7 Å². The van der Waals surface area contributed by atoms with E-state index in [1.807, 2.05) is 12.1 Å². The van der Waals surface area contributed by atoms with Crippen molar-refractivity contribution in [2.75, 3.05) is 19.8 Å². The zero-order valence-corrected chi connectivity index (χ0v) is 14.2. The van der Waals surface area contributed by atoms with Crippen molar-refractivity contribution in [1.29, 1.82) is 0 Å². The Morgan fingerprint density at radius 3 is 2.52 bits per heavy atom. The normalized spacial score (nSPS) is 12.7. The predicted molar refractivity (Wildman–Crippen MR) is 92.3 cm³/mol. The minimum absolute atomic E-state index is 0.359. The minimum Gasteiger partial charge on any atom is -0.460 e. The molecule has 1 aromatic heterocycles. The largest absolute Gasteiger partial charge is 0.460 e. The summed E-state index contributed by atoms with van der Waals surface area (Å²) in [5.74, 6) is 2.21. The molecule has 1 aromatic carbocycles. The molecular weight excluding hydrogens is 290 g/mol. The van der Waals surface area contributed by atoms with Crippen LogP contribution in [0.1, 0.15) is 25.2 Å². The van der Waals surface area contributed by atoms with Gasteiger partial charge in [-0.25, -0.2) is 0 Å². The number of hydrogen-bond donors (Lipinski definition) is 2. The Hall–Kier alpha value is -1.62. The molecule has 2 rings (SSSR count). The van der Waals surface area contributed by atoms with Crippen LogP contribution in [0.4, 0.5) is 0 Å². The summed E-state index contributed by atoms with van der Waals surface area (Å²) in [5, 5.41) is 13.0. The molecule has 0 fully saturated rings. The van der Waals surface area contributed by atoms with Crippen molar-refractivity contribution in [3.63, 3.8) is 0 Å². The molecule has 2 aromatic rings. The van der Waals surface area contributed by atoms with E-state index >= 15 is 0 Å². The van der Waals surface area contributed by atoms with E-state index in [-0.39, 0.29) is 0 Å². The zero-order valence-electron chi connectivity index (χ0n) is 14.2. The fraction of sp³-hybridized carbons (Fsp3) is 0.474. The van der Waals surface area contributed by atoms with Crippen LogP contribution in [0.25, 0.3) is 11.3 Å². The van der Waals surface area contributed by atoms with Crippen molar-refractivity contribution in [2.45, 2.75) is 33.4 Å². The Bertz CT molecular complexity index is 575. The van der Waals surface area contributed by atoms with E-state index in [1.165, 1.54) is 5.56 Å². The van der Waals surface area contributed by atoms with Gasteiger partial charge in [0.25, 0.3) is 0 Å². The van der Waals surface area contributed by atoms with E-state index in [0.717, 1.165) is 17.1 Å². The number of aliphatic hydroxyl groups excluding tert-OH is 1. The summed E-state index contributed by atoms with van der Waals surface area (Å²) in [7, 11) is 0. The fourth-order valence-corrected chi connectivity index (χ4v) is 2.21. The van der Waals surface area contributed by atoms with Crippen molar-refractivity contribution in [2.24, 2.45) is 5.92 Å². The summed E-state index contributed by atoms with van der Waals surface area (Å²) in [6, 6.07) is 12.2. The molecule has 126 valence electrons. The zero-order chi connectivity index (χ0) is 16.7. The fourth-order valence-electron chi connectivity index (χ4n) is 2.21. The number of aliphatic hydroxyl groups is 1. The lowest BCUT2D eigenvalue weighted by Crippen LogP contribution is -2.30. The molecule has 4 nitrogen and oxygen atoms in total. The first kappa shape index (κ1) is 17.7. The highest BCUT2D eigenvalue weighted by atomic mass is 16.5. The second-order valence-corrected chi connectivity index (χ2v) is 6.35. The second-order valence-electron chi connectivity index (χ2n) is 6.35. The van der Waals surface area contributed by atoms with Gasteiger partial charge in [-0.1, -0.05) is 43.7 Å². The average Bonchev–Trinajstić information content (AvgIpc) is 2.96. The Morgan fingerprint density at radius 2 is 1.83 bits per heavy atom. The SMILES string of the molecule is Cc1ccc(-c2ccc(CNCC(O)COCC(C)C)o2)cc1. The number of aryl methyl sites for hydroxylation is 1. The lowest BCUT2D eigenvalue weighted by molar-refractivity contribution is 0.0259. The second kappa shape index (κ2) is 8.87. The number of hydrogen-bond acceptors (Lipinski definition) is 4. The molecule has 0 radical (unpaired) electrons. The lowest BCUT2D eigenvalue weighted by atomic mass is 10.1. The molecule has 4 heteroatoms. The third-order valence-corrected chi connectivity index (χ3v) is 3.44. The van der Waals surface area contributed by atoms with Gasteiger partial charge in [-0.05, 0) is 25.0 Å². The first-order valence-electron chi connectivity index (χ1n) is 8.17. The first-order valence-corrected chi connectivity index (χ1v) is 8.17. The van der Waals surface area contributed by atoms with E-state index in [1.54, 1.807) is 0 Å². The van der Waals surface area contributed by atoms with Crippen LogP contribution in [0.15, 0.2) is 40.8 Å². The Labute approximate surface area is 138 Å². The van der Waals surface area contributed by atoms with Gasteiger partial charge in [0.2, 0.25) is 0 Å². The van der Waals surface area contributed by atoms with Crippen molar-refractivity contribution in [3.05, 3.63) is 47.7 Å². The molecule has 0 aliphatic heterocycles. The molecule has 0 saturated heterocycles. The Kier molecular flexibility index (Phi) is 6.84. The highest BCUT2D eigenvalue weighted by Crippen LogP contribution is 2.22. The van der Waals surface area contributed by atoms with E-state index < -0.39 is 6.10 Å². The van der Waals surface area contributed by atoms with E-state index in [0.29, 0.717) is 32.2 Å². The number of ether oxygens (including phenoxy) is 1. The third kappa shape index (κ3) is 6.18. The van der Waals surface area contributed by atoms with Gasteiger partial charge >= 0.3 is 0 Å². The van der Waals surface area contributed by atoms with Crippen molar-refractivity contribution >= 4 is 0 Å². The van der Waals surface area contributed by atoms with Gasteiger partial charge < -0.3 is 19.6 Å². The van der Waals surface area contributed by atoms with Crippen LogP contribution < -0.4 is 5.32 Å². The van der Waals surface area contributed by atoms with Crippen LogP contribution in [-0.2, 0) is 11.3 Å². The van der Waals surface area contributed by atoms with E-state index in [2.05, 4.69) is 50.4 Å². The maximum Gasteiger partial charge on any atom is 0.134 e. The molecule has 0 amide bonds. The maximum absolute atomic E-state index is 9.83. The van der Waals surface area contributed by atoms with Crippen molar-refractivity contribution < 1.29 is 14.3 Å². The summed E-state index contributed by atoms with van der Waals surface area (Å²) in [6.07, 6.45) is -0.500. The van der Waals surface area contributed by atoms with Crippen molar-refractivity contribution in [3.8, 4) is 11.3 Å². The molecule has 0 aliphatic rings. The predicted octanol–water partition coefficient (Wildman–Crippen LogP) is 3.38. The maximum atomic E-state index is 9.83. The minimum atomic E-state index is -0.500. The monoisotopic (exact) mass is 317 g/mol. The molecule has 0 aliphatic carbocycles. The molecular formula is C19H27NO3. The molecule has 23 heavy (non-hydrogen) atoms. The van der Waals surface area contributed by atoms with Gasteiger partial charge in [0.1, 0.15) is 11.5 Å². The van der Waals surface area contributed by atoms with Crippen LogP contribution in [-0.4, -0.2) is 31.0 Å². The Balaban J connectivity index is 1.73. The van der Waals surface area contributed by atoms with Crippen molar-refractivity contribution in [1.82, 2.24) is 5.32 Å². The van der Waals surface area contributed by atoms with Crippen LogP contribution in [0.2, 0.25) is 0 Å². The van der Waals surface area contributed by atoms with Gasteiger partial charge in [-0.15, -0.1) is 0 Å². The first-order chi connectivity index (χ1) is 11.0. The van der Waals surface area contributed by atoms with E-state index in [4.69, 9.17) is 9.15 Å². The molecule has 0 bridgehead atoms. The van der Waals surface area contributed by atoms with Crippen LogP contribution in [0, 0.1) is 12.8 Å². The standard InChI is InChI=1S/C19H27NO3/c1-14(2)12-22-13-17(21)10-20-11-18-8-9-19(23-18)16-6-4-15(3)5-7-16/h4-9,14,17,20-21H,10-13H2,1-3H3. The van der Waals surface area contributed by atoms with Gasteiger partial charge in [0.05, 0.1) is 19.3 Å². The molecule has 1 unspecified atom stereocenters. The Morgan fingerprint density at radius 1 is 1.09 bits per heavy atom. The number of nitrogens with one attached hydrogen (secondary N) is 1. The summed E-state index contributed by atoms with van der Waals surface area (Å²) in [5.41, 5.74) is 2.31. The number of rotatable bonds is 9. The smallest absolute Gasteiger partial charge is 0.134 e. The molecule has 1 atom stereocenters. The summed E-state index contributed by atoms with van der Waals surface area (Å²) in [6.45, 7) is 8.36. The van der Waals surface area contributed by atoms with Crippen LogP contribution in [0.3, 0.4) is 0 Å².